The number of carbonyl (C=O) groups excluding carboxylic acids is 2. The van der Waals surface area contributed by atoms with Gasteiger partial charge in [-0.2, -0.15) is 4.80 Å². The van der Waals surface area contributed by atoms with E-state index >= 15 is 0 Å². The number of esters is 1. The zero-order valence-electron chi connectivity index (χ0n) is 15.7. The number of rotatable bonds is 6. The molecule has 2 heterocycles. The van der Waals surface area contributed by atoms with Crippen LogP contribution in [0, 0.1) is 20.8 Å². The van der Waals surface area contributed by atoms with Crippen LogP contribution in [0.4, 0.5) is 0 Å². The number of tetrazole rings is 1. The normalized spacial score (nSPS) is 10.8. The molecule has 8 nitrogen and oxygen atoms in total. The predicted molar refractivity (Wildman–Crippen MR) is 98.5 cm³/mol. The third-order valence-corrected chi connectivity index (χ3v) is 4.32. The lowest BCUT2D eigenvalue weighted by molar-refractivity contribution is 0.0519. The fourth-order valence-electron chi connectivity index (χ4n) is 3.02. The highest BCUT2D eigenvalue weighted by Gasteiger charge is 2.23. The van der Waals surface area contributed by atoms with Crippen molar-refractivity contribution in [3.8, 4) is 11.4 Å². The first-order valence-corrected chi connectivity index (χ1v) is 8.65. The Morgan fingerprint density at radius 2 is 1.93 bits per heavy atom. The third-order valence-electron chi connectivity index (χ3n) is 4.32. The molecule has 1 N–H and O–H groups in total. The molecule has 0 fully saturated rings. The van der Waals surface area contributed by atoms with Crippen LogP contribution < -0.4 is 0 Å². The molecule has 0 spiro atoms. The molecule has 3 aromatic rings. The van der Waals surface area contributed by atoms with Crippen molar-refractivity contribution in [2.45, 2.75) is 34.2 Å². The first-order valence-electron chi connectivity index (χ1n) is 8.65. The van der Waals surface area contributed by atoms with Gasteiger partial charge >= 0.3 is 5.97 Å². The van der Waals surface area contributed by atoms with Crippen molar-refractivity contribution >= 4 is 11.8 Å². The molecule has 0 saturated heterocycles. The minimum absolute atomic E-state index is 0.0688. The first kappa shape index (κ1) is 18.5. The van der Waals surface area contributed by atoms with Gasteiger partial charge in [0.15, 0.2) is 5.78 Å². The van der Waals surface area contributed by atoms with E-state index in [-0.39, 0.29) is 18.9 Å². The van der Waals surface area contributed by atoms with E-state index in [1.54, 1.807) is 20.8 Å². The fourth-order valence-corrected chi connectivity index (χ4v) is 3.02. The van der Waals surface area contributed by atoms with Crippen molar-refractivity contribution in [1.82, 2.24) is 25.2 Å². The second-order valence-electron chi connectivity index (χ2n) is 6.23. The number of carbonyl (C=O) groups is 2. The average Bonchev–Trinajstić information content (AvgIpc) is 3.19. The smallest absolute Gasteiger partial charge is 0.355 e. The molecule has 0 amide bonds. The van der Waals surface area contributed by atoms with Crippen molar-refractivity contribution in [2.24, 2.45) is 0 Å². The molecule has 8 heteroatoms. The van der Waals surface area contributed by atoms with Crippen LogP contribution in [0.1, 0.15) is 44.6 Å². The minimum atomic E-state index is -0.474. The summed E-state index contributed by atoms with van der Waals surface area (Å²) in [4.78, 5) is 29.0. The Morgan fingerprint density at radius 3 is 2.63 bits per heavy atom. The summed E-state index contributed by atoms with van der Waals surface area (Å²) in [6, 6.07) is 7.71. The number of H-pyrrole nitrogens is 1. The lowest BCUT2D eigenvalue weighted by Gasteiger charge is -2.02. The Labute approximate surface area is 156 Å². The number of ketones is 1. The number of aromatic amines is 1. The van der Waals surface area contributed by atoms with Crippen molar-refractivity contribution in [2.75, 3.05) is 6.61 Å². The molecule has 0 saturated carbocycles. The van der Waals surface area contributed by atoms with Crippen LogP contribution in [0.25, 0.3) is 11.4 Å². The molecule has 0 aliphatic heterocycles. The van der Waals surface area contributed by atoms with Gasteiger partial charge in [0.2, 0.25) is 5.82 Å². The summed E-state index contributed by atoms with van der Waals surface area (Å²) in [5, 5.41) is 12.3. The van der Waals surface area contributed by atoms with E-state index in [4.69, 9.17) is 4.74 Å². The Bertz CT molecular complexity index is 1000. The van der Waals surface area contributed by atoms with Gasteiger partial charge in [-0.25, -0.2) is 4.79 Å². The summed E-state index contributed by atoms with van der Waals surface area (Å²) in [6.45, 7) is 7.36. The number of hydrogen-bond acceptors (Lipinski definition) is 6. The van der Waals surface area contributed by atoms with Crippen LogP contribution in [0.2, 0.25) is 0 Å². The van der Waals surface area contributed by atoms with Crippen LogP contribution >= 0.6 is 0 Å². The lowest BCUT2D eigenvalue weighted by atomic mass is 10.1. The maximum absolute atomic E-state index is 12.8. The summed E-state index contributed by atoms with van der Waals surface area (Å²) in [6.07, 6.45) is 0. The summed E-state index contributed by atoms with van der Waals surface area (Å²) in [5.41, 5.74) is 3.82. The number of Topliss-reactive ketones (excluding diaryl/α,β-unsaturated/α-hetero) is 1. The lowest BCUT2D eigenvalue weighted by Crippen LogP contribution is -2.15. The second kappa shape index (κ2) is 7.53. The van der Waals surface area contributed by atoms with Crippen LogP contribution in [0.3, 0.4) is 0 Å². The van der Waals surface area contributed by atoms with Gasteiger partial charge in [0.1, 0.15) is 12.2 Å². The molecule has 27 heavy (non-hydrogen) atoms. The van der Waals surface area contributed by atoms with Crippen LogP contribution in [0.15, 0.2) is 24.3 Å². The van der Waals surface area contributed by atoms with Gasteiger partial charge in [-0.05, 0) is 44.0 Å². The molecule has 140 valence electrons. The second-order valence-corrected chi connectivity index (χ2v) is 6.23. The third kappa shape index (κ3) is 3.64. The van der Waals surface area contributed by atoms with Gasteiger partial charge in [-0.3, -0.25) is 4.79 Å². The monoisotopic (exact) mass is 367 g/mol. The number of aromatic nitrogens is 5. The Balaban J connectivity index is 1.83. The topological polar surface area (TPSA) is 103 Å². The van der Waals surface area contributed by atoms with Crippen LogP contribution in [-0.2, 0) is 11.3 Å². The number of nitrogens with one attached hydrogen (secondary N) is 1. The molecule has 2 aromatic heterocycles. The van der Waals surface area contributed by atoms with E-state index in [2.05, 4.69) is 20.4 Å². The molecule has 0 atom stereocenters. The van der Waals surface area contributed by atoms with Crippen LogP contribution in [0.5, 0.6) is 0 Å². The number of aryl methyl sites for hydroxylation is 2. The highest BCUT2D eigenvalue weighted by atomic mass is 16.5. The Morgan fingerprint density at radius 1 is 1.19 bits per heavy atom. The van der Waals surface area contributed by atoms with E-state index in [1.807, 2.05) is 31.2 Å². The number of hydrogen-bond donors (Lipinski definition) is 1. The molecule has 3 rings (SSSR count). The van der Waals surface area contributed by atoms with Gasteiger partial charge in [0.25, 0.3) is 0 Å². The fraction of sp³-hybridized carbons (Fsp3) is 0.316. The summed E-state index contributed by atoms with van der Waals surface area (Å²) in [7, 11) is 0. The molecule has 0 bridgehead atoms. The number of benzene rings is 1. The van der Waals surface area contributed by atoms with E-state index in [0.29, 0.717) is 28.3 Å². The van der Waals surface area contributed by atoms with E-state index in [0.717, 1.165) is 11.1 Å². The van der Waals surface area contributed by atoms with E-state index < -0.39 is 5.97 Å². The number of ether oxygens (including phenoxy) is 1. The highest BCUT2D eigenvalue weighted by molar-refractivity contribution is 6.02. The average molecular weight is 367 g/mol. The van der Waals surface area contributed by atoms with Gasteiger partial charge < -0.3 is 9.72 Å². The Hall–Kier alpha value is -3.29. The van der Waals surface area contributed by atoms with Gasteiger partial charge in [-0.15, -0.1) is 10.2 Å². The molecule has 0 aliphatic carbocycles. The molecule has 1 aromatic carbocycles. The van der Waals surface area contributed by atoms with Crippen molar-refractivity contribution < 1.29 is 14.3 Å². The quantitative estimate of drug-likeness (QED) is 0.531. The maximum Gasteiger partial charge on any atom is 0.355 e. The minimum Gasteiger partial charge on any atom is -0.461 e. The van der Waals surface area contributed by atoms with Crippen molar-refractivity contribution in [3.63, 3.8) is 0 Å². The molecular formula is C19H21N5O3. The van der Waals surface area contributed by atoms with Crippen molar-refractivity contribution in [1.29, 1.82) is 0 Å². The standard InChI is InChI=1S/C19H21N5O3/c1-5-27-19(26)17-12(3)16(13(4)20-17)15(25)10-24-22-18(21-23-24)14-9-7-6-8-11(14)2/h6-9,20H,5,10H2,1-4H3. The molecule has 0 aliphatic rings. The van der Waals surface area contributed by atoms with E-state index in [9.17, 15) is 9.59 Å². The zero-order valence-corrected chi connectivity index (χ0v) is 15.7. The highest BCUT2D eigenvalue weighted by Crippen LogP contribution is 2.21. The van der Waals surface area contributed by atoms with Crippen LogP contribution in [-0.4, -0.2) is 43.6 Å². The Kier molecular flexibility index (Phi) is 5.16. The summed E-state index contributed by atoms with van der Waals surface area (Å²) >= 11 is 0. The summed E-state index contributed by atoms with van der Waals surface area (Å²) < 4.78 is 5.02. The van der Waals surface area contributed by atoms with Gasteiger partial charge in [-0.1, -0.05) is 24.3 Å². The SMILES string of the molecule is CCOC(=O)c1[nH]c(C)c(C(=O)Cn2nnc(-c3ccccc3C)n2)c1C. The summed E-state index contributed by atoms with van der Waals surface area (Å²) in [5.74, 6) is -0.209. The maximum atomic E-state index is 12.8. The number of nitrogens with zero attached hydrogens (tertiary/aromatic N) is 4. The largest absolute Gasteiger partial charge is 0.461 e. The molecular weight excluding hydrogens is 346 g/mol. The van der Waals surface area contributed by atoms with Gasteiger partial charge in [0.05, 0.1) is 6.61 Å². The zero-order chi connectivity index (χ0) is 19.6. The van der Waals surface area contributed by atoms with Crippen molar-refractivity contribution in [3.05, 3.63) is 52.3 Å². The molecule has 0 radical (unpaired) electrons. The van der Waals surface area contributed by atoms with E-state index in [1.165, 1.54) is 4.80 Å². The first-order chi connectivity index (χ1) is 12.9. The predicted octanol–water partition coefficient (Wildman–Crippen LogP) is 2.65. The van der Waals surface area contributed by atoms with Gasteiger partial charge in [0, 0.05) is 16.8 Å². The molecule has 0 unspecified atom stereocenters.